The van der Waals surface area contributed by atoms with Gasteiger partial charge in [-0.25, -0.2) is 9.18 Å². The molecule has 1 aromatic carbocycles. The standard InChI is InChI=1S/C13H17FINO2/c1-3-5-12(13(17)18-4-2)16-11-7-6-9(14)8-10(11)15/h6-8,12,16H,3-5H2,1-2H3. The van der Waals surface area contributed by atoms with Crippen molar-refractivity contribution in [2.24, 2.45) is 0 Å². The average Bonchev–Trinajstić information content (AvgIpc) is 2.32. The lowest BCUT2D eigenvalue weighted by Crippen LogP contribution is -2.31. The number of carbonyl (C=O) groups is 1. The highest BCUT2D eigenvalue weighted by Crippen LogP contribution is 2.21. The Morgan fingerprint density at radius 1 is 1.50 bits per heavy atom. The predicted molar refractivity (Wildman–Crippen MR) is 78.1 cm³/mol. The maximum Gasteiger partial charge on any atom is 0.328 e. The normalized spacial score (nSPS) is 12.0. The maximum absolute atomic E-state index is 13.0. The Hall–Kier alpha value is -0.850. The van der Waals surface area contributed by atoms with Crippen LogP contribution in [-0.4, -0.2) is 18.6 Å². The number of rotatable bonds is 6. The van der Waals surface area contributed by atoms with Gasteiger partial charge in [0.05, 0.1) is 6.61 Å². The molecule has 0 saturated carbocycles. The molecule has 0 amide bonds. The van der Waals surface area contributed by atoms with Crippen LogP contribution in [0.25, 0.3) is 0 Å². The zero-order valence-electron chi connectivity index (χ0n) is 10.5. The smallest absolute Gasteiger partial charge is 0.328 e. The van der Waals surface area contributed by atoms with Crippen LogP contribution in [0.15, 0.2) is 18.2 Å². The van der Waals surface area contributed by atoms with E-state index in [1.165, 1.54) is 12.1 Å². The number of nitrogens with one attached hydrogen (secondary N) is 1. The van der Waals surface area contributed by atoms with Crippen LogP contribution in [0.2, 0.25) is 0 Å². The first-order valence-electron chi connectivity index (χ1n) is 5.96. The van der Waals surface area contributed by atoms with Crippen LogP contribution in [0, 0.1) is 9.39 Å². The summed E-state index contributed by atoms with van der Waals surface area (Å²) in [5.74, 6) is -0.549. The van der Waals surface area contributed by atoms with E-state index in [1.54, 1.807) is 13.0 Å². The Bertz CT molecular complexity index is 412. The summed E-state index contributed by atoms with van der Waals surface area (Å²) in [6.07, 6.45) is 1.56. The van der Waals surface area contributed by atoms with Gasteiger partial charge in [0.2, 0.25) is 0 Å². The number of esters is 1. The molecule has 0 aliphatic rings. The third-order valence-corrected chi connectivity index (χ3v) is 3.30. The second kappa shape index (κ2) is 7.56. The van der Waals surface area contributed by atoms with Gasteiger partial charge in [0.15, 0.2) is 0 Å². The maximum atomic E-state index is 13.0. The molecule has 0 aliphatic heterocycles. The van der Waals surface area contributed by atoms with Crippen molar-refractivity contribution in [2.45, 2.75) is 32.7 Å². The summed E-state index contributed by atoms with van der Waals surface area (Å²) in [6, 6.07) is 4.06. The molecule has 5 heteroatoms. The van der Waals surface area contributed by atoms with Gasteiger partial charge in [0.25, 0.3) is 0 Å². The minimum Gasteiger partial charge on any atom is -0.464 e. The Balaban J connectivity index is 2.79. The Kier molecular flexibility index (Phi) is 6.38. The van der Waals surface area contributed by atoms with E-state index < -0.39 is 0 Å². The second-order valence-electron chi connectivity index (χ2n) is 3.86. The van der Waals surface area contributed by atoms with Gasteiger partial charge in [0.1, 0.15) is 11.9 Å². The third kappa shape index (κ3) is 4.44. The number of hydrogen-bond acceptors (Lipinski definition) is 3. The summed E-state index contributed by atoms with van der Waals surface area (Å²) in [4.78, 5) is 11.8. The molecule has 0 aliphatic carbocycles. The zero-order chi connectivity index (χ0) is 13.5. The lowest BCUT2D eigenvalue weighted by molar-refractivity contribution is -0.144. The lowest BCUT2D eigenvalue weighted by atomic mass is 10.1. The molecule has 3 nitrogen and oxygen atoms in total. The van der Waals surface area contributed by atoms with E-state index in [2.05, 4.69) is 5.32 Å². The van der Waals surface area contributed by atoms with Gasteiger partial charge in [-0.15, -0.1) is 0 Å². The highest BCUT2D eigenvalue weighted by Gasteiger charge is 2.19. The van der Waals surface area contributed by atoms with E-state index in [1.807, 2.05) is 29.5 Å². The molecule has 1 atom stereocenters. The molecule has 0 bridgehead atoms. The van der Waals surface area contributed by atoms with Crippen LogP contribution in [0.3, 0.4) is 0 Å². The van der Waals surface area contributed by atoms with E-state index in [9.17, 15) is 9.18 Å². The van der Waals surface area contributed by atoms with Gasteiger partial charge in [-0.05, 0) is 54.1 Å². The van der Waals surface area contributed by atoms with Crippen molar-refractivity contribution >= 4 is 34.2 Å². The van der Waals surface area contributed by atoms with E-state index in [-0.39, 0.29) is 17.8 Å². The molecule has 0 heterocycles. The molecule has 1 aromatic rings. The summed E-state index contributed by atoms with van der Waals surface area (Å²) in [7, 11) is 0. The zero-order valence-corrected chi connectivity index (χ0v) is 12.7. The number of anilines is 1. The fraction of sp³-hybridized carbons (Fsp3) is 0.462. The Labute approximate surface area is 120 Å². The van der Waals surface area contributed by atoms with Crippen LogP contribution in [0.1, 0.15) is 26.7 Å². The minimum atomic E-state index is -0.381. The van der Waals surface area contributed by atoms with Gasteiger partial charge in [0, 0.05) is 9.26 Å². The molecule has 0 saturated heterocycles. The van der Waals surface area contributed by atoms with Crippen LogP contribution in [0.5, 0.6) is 0 Å². The molecule has 18 heavy (non-hydrogen) atoms. The molecular weight excluding hydrogens is 348 g/mol. The van der Waals surface area contributed by atoms with Gasteiger partial charge >= 0.3 is 5.97 Å². The van der Waals surface area contributed by atoms with Crippen molar-refractivity contribution < 1.29 is 13.9 Å². The molecule has 0 aromatic heterocycles. The van der Waals surface area contributed by atoms with Gasteiger partial charge in [-0.3, -0.25) is 0 Å². The van der Waals surface area contributed by atoms with Gasteiger partial charge in [-0.2, -0.15) is 0 Å². The number of benzene rings is 1. The van der Waals surface area contributed by atoms with Crippen LogP contribution >= 0.6 is 22.6 Å². The molecular formula is C13H17FINO2. The number of ether oxygens (including phenoxy) is 1. The topological polar surface area (TPSA) is 38.3 Å². The summed E-state index contributed by atoms with van der Waals surface area (Å²) >= 11 is 2.04. The third-order valence-electron chi connectivity index (χ3n) is 2.41. The summed E-state index contributed by atoms with van der Waals surface area (Å²) in [5.41, 5.74) is 0.753. The Morgan fingerprint density at radius 2 is 2.22 bits per heavy atom. The molecule has 1 rings (SSSR count). The van der Waals surface area contributed by atoms with E-state index in [4.69, 9.17) is 4.74 Å². The van der Waals surface area contributed by atoms with Crippen molar-refractivity contribution in [2.75, 3.05) is 11.9 Å². The molecule has 0 spiro atoms. The lowest BCUT2D eigenvalue weighted by Gasteiger charge is -2.18. The number of carbonyl (C=O) groups excluding carboxylic acids is 1. The van der Waals surface area contributed by atoms with E-state index in [0.29, 0.717) is 13.0 Å². The highest BCUT2D eigenvalue weighted by atomic mass is 127. The van der Waals surface area contributed by atoms with Crippen molar-refractivity contribution in [1.29, 1.82) is 0 Å². The molecule has 0 fully saturated rings. The summed E-state index contributed by atoms with van der Waals surface area (Å²) in [6.45, 7) is 4.15. The number of halogens is 2. The van der Waals surface area contributed by atoms with Crippen molar-refractivity contribution in [3.63, 3.8) is 0 Å². The van der Waals surface area contributed by atoms with Gasteiger partial charge < -0.3 is 10.1 Å². The molecule has 1 N–H and O–H groups in total. The van der Waals surface area contributed by atoms with Crippen LogP contribution in [-0.2, 0) is 9.53 Å². The van der Waals surface area contributed by atoms with Crippen molar-refractivity contribution in [3.8, 4) is 0 Å². The van der Waals surface area contributed by atoms with Crippen LogP contribution in [0.4, 0.5) is 10.1 Å². The molecule has 100 valence electrons. The first-order chi connectivity index (χ1) is 8.58. The van der Waals surface area contributed by atoms with Crippen molar-refractivity contribution in [3.05, 3.63) is 27.6 Å². The Morgan fingerprint density at radius 3 is 2.78 bits per heavy atom. The average molecular weight is 365 g/mol. The largest absolute Gasteiger partial charge is 0.464 e. The molecule has 1 unspecified atom stereocenters. The first-order valence-corrected chi connectivity index (χ1v) is 7.04. The fourth-order valence-electron chi connectivity index (χ4n) is 1.57. The second-order valence-corrected chi connectivity index (χ2v) is 5.02. The minimum absolute atomic E-state index is 0.264. The first kappa shape index (κ1) is 15.2. The van der Waals surface area contributed by atoms with E-state index in [0.717, 1.165) is 15.7 Å². The molecule has 0 radical (unpaired) electrons. The fourth-order valence-corrected chi connectivity index (χ4v) is 2.21. The highest BCUT2D eigenvalue weighted by molar-refractivity contribution is 14.1. The number of hydrogen-bond donors (Lipinski definition) is 1. The SMILES string of the molecule is CCCC(Nc1ccc(F)cc1I)C(=O)OCC. The van der Waals surface area contributed by atoms with E-state index >= 15 is 0 Å². The van der Waals surface area contributed by atoms with Crippen molar-refractivity contribution in [1.82, 2.24) is 0 Å². The predicted octanol–water partition coefficient (Wildman–Crippen LogP) is 3.57. The monoisotopic (exact) mass is 365 g/mol. The van der Waals surface area contributed by atoms with Crippen LogP contribution < -0.4 is 5.32 Å². The summed E-state index contributed by atoms with van der Waals surface area (Å²) in [5, 5.41) is 3.11. The summed E-state index contributed by atoms with van der Waals surface area (Å²) < 4.78 is 18.8. The van der Waals surface area contributed by atoms with Gasteiger partial charge in [-0.1, -0.05) is 13.3 Å². The quantitative estimate of drug-likeness (QED) is 0.619.